The molecule has 0 aliphatic heterocycles. The third-order valence-electron chi connectivity index (χ3n) is 2.49. The molecule has 1 atom stereocenters. The minimum Gasteiger partial charge on any atom is -0.286 e. The number of thioether (sulfide) groups is 1. The number of allylic oxidation sites excluding steroid dienone is 7. The van der Waals surface area contributed by atoms with Gasteiger partial charge in [0.1, 0.15) is 0 Å². The first-order valence-electron chi connectivity index (χ1n) is 5.07. The SMILES string of the molecule is CC1=CC=CCC1SC1=[C]C=CC(=O)C1=O. The molecule has 0 N–H and O–H groups in total. The normalized spacial score (nSPS) is 24.4. The molecule has 81 valence electrons. The molecule has 3 heteroatoms. The Morgan fingerprint density at radius 3 is 3.00 bits per heavy atom. The largest absolute Gasteiger partial charge is 0.286 e. The smallest absolute Gasteiger partial charge is 0.239 e. The van der Waals surface area contributed by atoms with Crippen LogP contribution in [-0.4, -0.2) is 16.8 Å². The second-order valence-corrected chi connectivity index (χ2v) is 4.89. The maximum absolute atomic E-state index is 11.5. The molecular weight excluding hydrogens is 220 g/mol. The van der Waals surface area contributed by atoms with E-state index in [4.69, 9.17) is 0 Å². The summed E-state index contributed by atoms with van der Waals surface area (Å²) in [5.74, 6) is -0.885. The summed E-state index contributed by atoms with van der Waals surface area (Å²) in [5, 5.41) is 0.246. The van der Waals surface area contributed by atoms with Crippen molar-refractivity contribution >= 4 is 23.3 Å². The van der Waals surface area contributed by atoms with Crippen molar-refractivity contribution in [2.45, 2.75) is 18.6 Å². The molecule has 1 unspecified atom stereocenters. The quantitative estimate of drug-likeness (QED) is 0.540. The molecule has 16 heavy (non-hydrogen) atoms. The molecule has 0 aromatic heterocycles. The van der Waals surface area contributed by atoms with Crippen LogP contribution in [0.4, 0.5) is 0 Å². The van der Waals surface area contributed by atoms with Crippen LogP contribution >= 0.6 is 11.8 Å². The van der Waals surface area contributed by atoms with Gasteiger partial charge in [-0.15, -0.1) is 11.8 Å². The Bertz CT molecular complexity index is 453. The van der Waals surface area contributed by atoms with Crippen LogP contribution in [-0.2, 0) is 9.59 Å². The Balaban J connectivity index is 2.11. The van der Waals surface area contributed by atoms with Gasteiger partial charge < -0.3 is 0 Å². The van der Waals surface area contributed by atoms with Crippen LogP contribution < -0.4 is 0 Å². The van der Waals surface area contributed by atoms with Crippen molar-refractivity contribution < 1.29 is 9.59 Å². The first-order chi connectivity index (χ1) is 7.68. The Morgan fingerprint density at radius 2 is 2.25 bits per heavy atom. The molecule has 2 rings (SSSR count). The van der Waals surface area contributed by atoms with Crippen molar-refractivity contribution in [2.75, 3.05) is 0 Å². The molecule has 0 heterocycles. The van der Waals surface area contributed by atoms with Crippen molar-refractivity contribution in [3.05, 3.63) is 46.9 Å². The van der Waals surface area contributed by atoms with Gasteiger partial charge in [-0.05, 0) is 25.5 Å². The number of hydrogen-bond acceptors (Lipinski definition) is 3. The van der Waals surface area contributed by atoms with Gasteiger partial charge in [-0.25, -0.2) is 0 Å². The van der Waals surface area contributed by atoms with Crippen LogP contribution in [0, 0.1) is 6.08 Å². The number of carbonyl (C=O) groups is 2. The molecule has 1 radical (unpaired) electrons. The maximum Gasteiger partial charge on any atom is 0.239 e. The van der Waals surface area contributed by atoms with Gasteiger partial charge in [0, 0.05) is 11.3 Å². The van der Waals surface area contributed by atoms with E-state index in [0.29, 0.717) is 4.91 Å². The Morgan fingerprint density at radius 1 is 1.44 bits per heavy atom. The van der Waals surface area contributed by atoms with E-state index in [1.165, 1.54) is 29.5 Å². The molecule has 2 aliphatic rings. The summed E-state index contributed by atoms with van der Waals surface area (Å²) in [6.07, 6.45) is 12.6. The first kappa shape index (κ1) is 11.1. The van der Waals surface area contributed by atoms with E-state index in [0.717, 1.165) is 6.42 Å². The zero-order chi connectivity index (χ0) is 11.5. The molecule has 0 fully saturated rings. The Labute approximate surface area is 98.8 Å². The number of rotatable bonds is 2. The van der Waals surface area contributed by atoms with E-state index in [-0.39, 0.29) is 5.25 Å². The number of Topliss-reactive ketones (excluding diaryl/α,β-unsaturated/α-hetero) is 1. The molecule has 0 saturated carbocycles. The summed E-state index contributed by atoms with van der Waals surface area (Å²) < 4.78 is 0. The number of ketones is 2. The van der Waals surface area contributed by atoms with Crippen LogP contribution in [0.3, 0.4) is 0 Å². The van der Waals surface area contributed by atoms with E-state index >= 15 is 0 Å². The van der Waals surface area contributed by atoms with Crippen LogP contribution in [0.25, 0.3) is 0 Å². The van der Waals surface area contributed by atoms with Gasteiger partial charge in [-0.1, -0.05) is 23.8 Å². The fourth-order valence-corrected chi connectivity index (χ4v) is 2.63. The van der Waals surface area contributed by atoms with E-state index in [1.807, 2.05) is 19.1 Å². The second kappa shape index (κ2) is 4.66. The highest BCUT2D eigenvalue weighted by molar-refractivity contribution is 8.04. The summed E-state index contributed by atoms with van der Waals surface area (Å²) in [5.41, 5.74) is 1.22. The molecule has 2 nitrogen and oxygen atoms in total. The summed E-state index contributed by atoms with van der Waals surface area (Å²) in [4.78, 5) is 23.2. The molecule has 0 aromatic carbocycles. The van der Waals surface area contributed by atoms with E-state index < -0.39 is 11.6 Å². The van der Waals surface area contributed by atoms with Crippen molar-refractivity contribution in [2.24, 2.45) is 0 Å². The minimum atomic E-state index is -0.450. The summed E-state index contributed by atoms with van der Waals surface area (Å²) >= 11 is 1.43. The molecule has 0 spiro atoms. The van der Waals surface area contributed by atoms with Crippen molar-refractivity contribution in [1.82, 2.24) is 0 Å². The minimum absolute atomic E-state index is 0.246. The first-order valence-corrected chi connectivity index (χ1v) is 5.95. The highest BCUT2D eigenvalue weighted by Gasteiger charge is 2.24. The summed E-state index contributed by atoms with van der Waals surface area (Å²) in [7, 11) is 0. The highest BCUT2D eigenvalue weighted by atomic mass is 32.2. The Kier molecular flexibility index (Phi) is 3.25. The van der Waals surface area contributed by atoms with Crippen LogP contribution in [0.1, 0.15) is 13.3 Å². The predicted octanol–water partition coefficient (Wildman–Crippen LogP) is 2.39. The van der Waals surface area contributed by atoms with Crippen molar-refractivity contribution in [3.63, 3.8) is 0 Å². The molecule has 0 amide bonds. The molecular formula is C13H11O2S. The van der Waals surface area contributed by atoms with Gasteiger partial charge in [0.25, 0.3) is 0 Å². The van der Waals surface area contributed by atoms with Gasteiger partial charge >= 0.3 is 0 Å². The molecule has 0 saturated heterocycles. The predicted molar refractivity (Wildman–Crippen MR) is 64.8 cm³/mol. The lowest BCUT2D eigenvalue weighted by atomic mass is 10.1. The van der Waals surface area contributed by atoms with Crippen molar-refractivity contribution in [1.29, 1.82) is 0 Å². The lowest BCUT2D eigenvalue weighted by Crippen LogP contribution is -2.17. The average molecular weight is 231 g/mol. The zero-order valence-corrected chi connectivity index (χ0v) is 9.71. The summed E-state index contributed by atoms with van der Waals surface area (Å²) in [6, 6.07) is 0. The van der Waals surface area contributed by atoms with E-state index in [9.17, 15) is 9.59 Å². The number of hydrogen-bond donors (Lipinski definition) is 0. The zero-order valence-electron chi connectivity index (χ0n) is 8.90. The average Bonchev–Trinajstić information content (AvgIpc) is 2.28. The fraction of sp³-hybridized carbons (Fsp3) is 0.231. The monoisotopic (exact) mass is 231 g/mol. The van der Waals surface area contributed by atoms with Gasteiger partial charge in [0.15, 0.2) is 0 Å². The summed E-state index contributed by atoms with van der Waals surface area (Å²) in [6.45, 7) is 2.03. The molecule has 0 aromatic rings. The maximum atomic E-state index is 11.5. The standard InChI is InChI=1S/C13H11O2S/c1-9-5-2-3-7-11(9)16-12-8-4-6-10(14)13(12)15/h2-6,11H,7H2,1H3. The van der Waals surface area contributed by atoms with Gasteiger partial charge in [-0.3, -0.25) is 9.59 Å². The number of carbonyl (C=O) groups excluding carboxylic acids is 2. The second-order valence-electron chi connectivity index (χ2n) is 3.68. The van der Waals surface area contributed by atoms with E-state index in [2.05, 4.69) is 12.2 Å². The topological polar surface area (TPSA) is 34.1 Å². The van der Waals surface area contributed by atoms with Gasteiger partial charge in [0.2, 0.25) is 11.6 Å². The van der Waals surface area contributed by atoms with Crippen LogP contribution in [0.15, 0.2) is 40.9 Å². The van der Waals surface area contributed by atoms with Crippen LogP contribution in [0.5, 0.6) is 0 Å². The Hall–Kier alpha value is -1.35. The van der Waals surface area contributed by atoms with E-state index in [1.54, 1.807) is 0 Å². The highest BCUT2D eigenvalue weighted by Crippen LogP contribution is 2.32. The van der Waals surface area contributed by atoms with Crippen molar-refractivity contribution in [3.8, 4) is 0 Å². The molecule has 0 bridgehead atoms. The third-order valence-corrected chi connectivity index (χ3v) is 3.88. The third kappa shape index (κ3) is 2.25. The lowest BCUT2D eigenvalue weighted by molar-refractivity contribution is -0.131. The lowest BCUT2D eigenvalue weighted by Gasteiger charge is -2.19. The van der Waals surface area contributed by atoms with Gasteiger partial charge in [0.05, 0.1) is 4.91 Å². The van der Waals surface area contributed by atoms with Crippen LogP contribution in [0.2, 0.25) is 0 Å². The molecule has 2 aliphatic carbocycles. The van der Waals surface area contributed by atoms with Gasteiger partial charge in [-0.2, -0.15) is 0 Å². The fourth-order valence-electron chi connectivity index (χ4n) is 1.53.